The Labute approximate surface area is 152 Å². The molecule has 2 N–H and O–H groups in total. The number of carboxylic acid groups (broad SMARTS) is 1. The Morgan fingerprint density at radius 1 is 1.04 bits per heavy atom. The number of carbonyl (C=O) groups is 3. The number of carbonyl (C=O) groups excluding carboxylic acids is 2. The van der Waals surface area contributed by atoms with Crippen molar-refractivity contribution in [3.63, 3.8) is 0 Å². The monoisotopic (exact) mass is 354 g/mol. The maximum Gasteiger partial charge on any atom is 0.323 e. The van der Waals surface area contributed by atoms with Crippen LogP contribution in [0.25, 0.3) is 0 Å². The topological polar surface area (TPSA) is 86.7 Å². The number of benzene rings is 2. The quantitative estimate of drug-likeness (QED) is 0.763. The van der Waals surface area contributed by atoms with Gasteiger partial charge in [0.15, 0.2) is 0 Å². The van der Waals surface area contributed by atoms with Crippen molar-refractivity contribution in [2.75, 3.05) is 18.4 Å². The van der Waals surface area contributed by atoms with E-state index in [9.17, 15) is 14.4 Å². The lowest BCUT2D eigenvalue weighted by molar-refractivity contribution is -0.137. The van der Waals surface area contributed by atoms with Gasteiger partial charge >= 0.3 is 5.97 Å². The highest BCUT2D eigenvalue weighted by Gasteiger charge is 2.19. The fraction of sp³-hybridized carbons (Fsp3) is 0.250. The number of nitrogens with one attached hydrogen (secondary N) is 1. The van der Waals surface area contributed by atoms with Gasteiger partial charge in [-0.05, 0) is 30.2 Å². The standard InChI is InChI=1S/C20H22N2O4/c1-2-18(23)21-17-10-6-9-16(13-17)20(26)22(14-19(24)25)12-11-15-7-4-3-5-8-15/h3-10,13H,2,11-12,14H2,1H3,(H,21,23)(H,24,25). The summed E-state index contributed by atoms with van der Waals surface area (Å²) in [6.07, 6.45) is 0.895. The van der Waals surface area contributed by atoms with Crippen LogP contribution in [0.15, 0.2) is 54.6 Å². The predicted octanol–water partition coefficient (Wildman–Crippen LogP) is 2.80. The van der Waals surface area contributed by atoms with Gasteiger partial charge in [0.05, 0.1) is 0 Å². The lowest BCUT2D eigenvalue weighted by Crippen LogP contribution is -2.37. The molecule has 136 valence electrons. The van der Waals surface area contributed by atoms with Crippen LogP contribution in [0, 0.1) is 0 Å². The van der Waals surface area contributed by atoms with Crippen LogP contribution in [-0.2, 0) is 16.0 Å². The molecule has 0 aromatic heterocycles. The molecule has 0 aliphatic rings. The first-order chi connectivity index (χ1) is 12.5. The van der Waals surface area contributed by atoms with Crippen LogP contribution in [-0.4, -0.2) is 40.9 Å². The first-order valence-electron chi connectivity index (χ1n) is 8.44. The van der Waals surface area contributed by atoms with E-state index >= 15 is 0 Å². The van der Waals surface area contributed by atoms with Crippen molar-refractivity contribution >= 4 is 23.5 Å². The molecule has 2 rings (SSSR count). The van der Waals surface area contributed by atoms with Crippen LogP contribution in [0.1, 0.15) is 29.3 Å². The molecule has 0 radical (unpaired) electrons. The van der Waals surface area contributed by atoms with Crippen molar-refractivity contribution in [1.82, 2.24) is 4.90 Å². The number of hydrogen-bond acceptors (Lipinski definition) is 3. The molecule has 0 atom stereocenters. The summed E-state index contributed by atoms with van der Waals surface area (Å²) in [6, 6.07) is 16.1. The Hall–Kier alpha value is -3.15. The number of rotatable bonds is 8. The maximum absolute atomic E-state index is 12.8. The van der Waals surface area contributed by atoms with Crippen molar-refractivity contribution in [3.05, 3.63) is 65.7 Å². The minimum atomic E-state index is -1.07. The van der Waals surface area contributed by atoms with Gasteiger partial charge in [-0.15, -0.1) is 0 Å². The number of amides is 2. The van der Waals surface area contributed by atoms with Crippen molar-refractivity contribution in [2.24, 2.45) is 0 Å². The van der Waals surface area contributed by atoms with Gasteiger partial charge < -0.3 is 15.3 Å². The molecule has 0 aliphatic carbocycles. The molecule has 0 fully saturated rings. The van der Waals surface area contributed by atoms with E-state index in [1.54, 1.807) is 31.2 Å². The smallest absolute Gasteiger partial charge is 0.323 e. The third-order valence-electron chi connectivity index (χ3n) is 3.84. The summed E-state index contributed by atoms with van der Waals surface area (Å²) in [5.74, 6) is -1.60. The molecule has 26 heavy (non-hydrogen) atoms. The molecule has 0 spiro atoms. The summed E-state index contributed by atoms with van der Waals surface area (Å²) in [5, 5.41) is 11.8. The molecule has 2 aromatic rings. The maximum atomic E-state index is 12.8. The molecular weight excluding hydrogens is 332 g/mol. The highest BCUT2D eigenvalue weighted by Crippen LogP contribution is 2.14. The van der Waals surface area contributed by atoms with Crippen LogP contribution < -0.4 is 5.32 Å². The van der Waals surface area contributed by atoms with E-state index in [0.29, 0.717) is 30.6 Å². The summed E-state index contributed by atoms with van der Waals surface area (Å²) < 4.78 is 0. The molecular formula is C20H22N2O4. The van der Waals surface area contributed by atoms with Crippen molar-refractivity contribution in [2.45, 2.75) is 19.8 Å². The highest BCUT2D eigenvalue weighted by atomic mass is 16.4. The van der Waals surface area contributed by atoms with Gasteiger partial charge in [-0.3, -0.25) is 14.4 Å². The Morgan fingerprint density at radius 2 is 1.77 bits per heavy atom. The van der Waals surface area contributed by atoms with Gasteiger partial charge in [0.2, 0.25) is 5.91 Å². The molecule has 0 unspecified atom stereocenters. The third kappa shape index (κ3) is 5.73. The molecule has 0 heterocycles. The zero-order chi connectivity index (χ0) is 18.9. The normalized spacial score (nSPS) is 10.2. The summed E-state index contributed by atoms with van der Waals surface area (Å²) in [5.41, 5.74) is 1.88. The van der Waals surface area contributed by atoms with Crippen molar-refractivity contribution in [1.29, 1.82) is 0 Å². The van der Waals surface area contributed by atoms with Crippen LogP contribution in [0.4, 0.5) is 5.69 Å². The molecule has 0 aliphatic heterocycles. The zero-order valence-corrected chi connectivity index (χ0v) is 14.6. The Bertz CT molecular complexity index is 774. The number of hydrogen-bond donors (Lipinski definition) is 2. The van der Waals surface area contributed by atoms with E-state index in [0.717, 1.165) is 5.56 Å². The molecule has 2 amide bonds. The lowest BCUT2D eigenvalue weighted by atomic mass is 10.1. The Kier molecular flexibility index (Phi) is 6.91. The minimum Gasteiger partial charge on any atom is -0.480 e. The predicted molar refractivity (Wildman–Crippen MR) is 99.0 cm³/mol. The van der Waals surface area contributed by atoms with E-state index in [-0.39, 0.29) is 18.4 Å². The summed E-state index contributed by atoms with van der Waals surface area (Å²) >= 11 is 0. The largest absolute Gasteiger partial charge is 0.480 e. The number of aliphatic carboxylic acids is 1. The zero-order valence-electron chi connectivity index (χ0n) is 14.6. The van der Waals surface area contributed by atoms with E-state index in [2.05, 4.69) is 5.32 Å². The highest BCUT2D eigenvalue weighted by molar-refractivity contribution is 5.98. The minimum absolute atomic E-state index is 0.152. The van der Waals surface area contributed by atoms with Crippen LogP contribution in [0.5, 0.6) is 0 Å². The van der Waals surface area contributed by atoms with Gasteiger partial charge in [0, 0.05) is 24.2 Å². The number of nitrogens with zero attached hydrogens (tertiary/aromatic N) is 1. The summed E-state index contributed by atoms with van der Waals surface area (Å²) in [6.45, 7) is 1.65. The average Bonchev–Trinajstić information content (AvgIpc) is 2.65. The summed E-state index contributed by atoms with van der Waals surface area (Å²) in [7, 11) is 0. The summed E-state index contributed by atoms with van der Waals surface area (Å²) in [4.78, 5) is 36.7. The Balaban J connectivity index is 2.13. The molecule has 0 bridgehead atoms. The van der Waals surface area contributed by atoms with Crippen molar-refractivity contribution in [3.8, 4) is 0 Å². The molecule has 2 aromatic carbocycles. The lowest BCUT2D eigenvalue weighted by Gasteiger charge is -2.21. The van der Waals surface area contributed by atoms with Crippen LogP contribution in [0.3, 0.4) is 0 Å². The van der Waals surface area contributed by atoms with Crippen LogP contribution >= 0.6 is 0 Å². The average molecular weight is 354 g/mol. The van der Waals surface area contributed by atoms with Gasteiger partial charge in [-0.25, -0.2) is 0 Å². The van der Waals surface area contributed by atoms with Crippen molar-refractivity contribution < 1.29 is 19.5 Å². The van der Waals surface area contributed by atoms with E-state index in [1.165, 1.54) is 4.90 Å². The third-order valence-corrected chi connectivity index (χ3v) is 3.84. The molecule has 6 nitrogen and oxygen atoms in total. The fourth-order valence-corrected chi connectivity index (χ4v) is 2.49. The van der Waals surface area contributed by atoms with E-state index in [1.807, 2.05) is 30.3 Å². The van der Waals surface area contributed by atoms with Crippen LogP contribution in [0.2, 0.25) is 0 Å². The van der Waals surface area contributed by atoms with E-state index in [4.69, 9.17) is 5.11 Å². The van der Waals surface area contributed by atoms with Gasteiger partial charge in [0.25, 0.3) is 5.91 Å². The molecule has 0 saturated carbocycles. The number of carboxylic acids is 1. The number of anilines is 1. The molecule has 6 heteroatoms. The fourth-order valence-electron chi connectivity index (χ4n) is 2.49. The van der Waals surface area contributed by atoms with Gasteiger partial charge in [-0.2, -0.15) is 0 Å². The first-order valence-corrected chi connectivity index (χ1v) is 8.44. The first kappa shape index (κ1) is 19.2. The Morgan fingerprint density at radius 3 is 2.42 bits per heavy atom. The van der Waals surface area contributed by atoms with E-state index < -0.39 is 5.97 Å². The van der Waals surface area contributed by atoms with Gasteiger partial charge in [-0.1, -0.05) is 43.3 Å². The SMILES string of the molecule is CCC(=O)Nc1cccc(C(=O)N(CCc2ccccc2)CC(=O)O)c1. The second kappa shape index (κ2) is 9.36. The molecule has 0 saturated heterocycles. The second-order valence-electron chi connectivity index (χ2n) is 5.84. The second-order valence-corrected chi connectivity index (χ2v) is 5.84. The van der Waals surface area contributed by atoms with Gasteiger partial charge in [0.1, 0.15) is 6.54 Å².